The molecule has 0 saturated carbocycles. The Balaban J connectivity index is 1.55. The summed E-state index contributed by atoms with van der Waals surface area (Å²) in [6.07, 6.45) is 1.59. The minimum Gasteiger partial charge on any atom is -0.295 e. The molecule has 1 fully saturated rings. The summed E-state index contributed by atoms with van der Waals surface area (Å²) in [7, 11) is 0. The van der Waals surface area contributed by atoms with Crippen molar-refractivity contribution >= 4 is 11.9 Å². The maximum atomic E-state index is 11.0. The second kappa shape index (κ2) is 7.70. The molecule has 0 N–H and O–H groups in total. The van der Waals surface area contributed by atoms with Crippen LogP contribution in [0.15, 0.2) is 59.7 Å². The summed E-state index contributed by atoms with van der Waals surface area (Å²) < 4.78 is 0. The molecule has 2 aromatic carbocycles. The molecule has 1 heterocycles. The van der Waals surface area contributed by atoms with E-state index in [4.69, 9.17) is 0 Å². The summed E-state index contributed by atoms with van der Waals surface area (Å²) in [5.74, 6) is 0. The fourth-order valence-electron chi connectivity index (χ4n) is 2.76. The Kier molecular flexibility index (Phi) is 5.18. The summed E-state index contributed by atoms with van der Waals surface area (Å²) in [5, 5.41) is 17.4. The van der Waals surface area contributed by atoms with E-state index < -0.39 is 0 Å². The standard InChI is InChI=1S/C18H20N4O2/c23-22(24)18-9-5-4-8-17(18)14-19-21-12-10-20(11-13-21)15-16-6-2-1-3-7-16/h1-9,14H,10-13,15H2/b19-14+. The number of para-hydroxylation sites is 1. The van der Waals surface area contributed by atoms with Crippen molar-refractivity contribution in [3.63, 3.8) is 0 Å². The van der Waals surface area contributed by atoms with E-state index in [1.54, 1.807) is 24.4 Å². The van der Waals surface area contributed by atoms with Crippen LogP contribution in [0.5, 0.6) is 0 Å². The normalized spacial score (nSPS) is 15.8. The molecule has 0 radical (unpaired) electrons. The molecule has 124 valence electrons. The quantitative estimate of drug-likeness (QED) is 0.482. The lowest BCUT2D eigenvalue weighted by Gasteiger charge is -2.33. The summed E-state index contributed by atoms with van der Waals surface area (Å²) >= 11 is 0. The average molecular weight is 324 g/mol. The van der Waals surface area contributed by atoms with Crippen LogP contribution in [0.4, 0.5) is 5.69 Å². The van der Waals surface area contributed by atoms with Gasteiger partial charge in [0.2, 0.25) is 0 Å². The second-order valence-corrected chi connectivity index (χ2v) is 5.78. The molecule has 0 amide bonds. The van der Waals surface area contributed by atoms with E-state index in [0.717, 1.165) is 32.7 Å². The smallest absolute Gasteiger partial charge is 0.278 e. The van der Waals surface area contributed by atoms with Gasteiger partial charge in [-0.05, 0) is 11.6 Å². The highest BCUT2D eigenvalue weighted by Crippen LogP contribution is 2.16. The van der Waals surface area contributed by atoms with Crippen LogP contribution in [0.2, 0.25) is 0 Å². The molecule has 1 aliphatic heterocycles. The van der Waals surface area contributed by atoms with Gasteiger partial charge in [-0.1, -0.05) is 42.5 Å². The zero-order valence-electron chi connectivity index (χ0n) is 13.4. The molecule has 0 unspecified atom stereocenters. The SMILES string of the molecule is O=[N+]([O-])c1ccccc1/C=N/N1CCN(Cc2ccccc2)CC1. The molecule has 0 spiro atoms. The zero-order valence-corrected chi connectivity index (χ0v) is 13.4. The highest BCUT2D eigenvalue weighted by Gasteiger charge is 2.16. The molecule has 2 aromatic rings. The van der Waals surface area contributed by atoms with Crippen LogP contribution in [-0.4, -0.2) is 47.2 Å². The van der Waals surface area contributed by atoms with Crippen molar-refractivity contribution in [3.8, 4) is 0 Å². The molecule has 0 atom stereocenters. The van der Waals surface area contributed by atoms with E-state index in [0.29, 0.717) is 5.56 Å². The van der Waals surface area contributed by atoms with E-state index in [1.807, 2.05) is 11.1 Å². The molecule has 0 bridgehead atoms. The Labute approximate surface area is 141 Å². The molecule has 6 nitrogen and oxygen atoms in total. The minimum atomic E-state index is -0.376. The summed E-state index contributed by atoms with van der Waals surface area (Å²) in [6, 6.07) is 17.1. The number of nitro groups is 1. The van der Waals surface area contributed by atoms with Crippen molar-refractivity contribution in [1.82, 2.24) is 9.91 Å². The van der Waals surface area contributed by atoms with E-state index in [2.05, 4.69) is 34.3 Å². The van der Waals surface area contributed by atoms with Crippen LogP contribution in [0.25, 0.3) is 0 Å². The zero-order chi connectivity index (χ0) is 16.8. The number of rotatable bonds is 5. The van der Waals surface area contributed by atoms with E-state index in [1.165, 1.54) is 11.6 Å². The summed E-state index contributed by atoms with van der Waals surface area (Å²) in [6.45, 7) is 4.46. The fourth-order valence-corrected chi connectivity index (χ4v) is 2.76. The predicted molar refractivity (Wildman–Crippen MR) is 94.0 cm³/mol. The number of benzene rings is 2. The van der Waals surface area contributed by atoms with Crippen molar-refractivity contribution < 1.29 is 4.92 Å². The van der Waals surface area contributed by atoms with Crippen LogP contribution in [-0.2, 0) is 6.54 Å². The van der Waals surface area contributed by atoms with Gasteiger partial charge in [0.1, 0.15) is 0 Å². The summed E-state index contributed by atoms with van der Waals surface area (Å²) in [5.41, 5.74) is 1.94. The molecule has 24 heavy (non-hydrogen) atoms. The van der Waals surface area contributed by atoms with E-state index >= 15 is 0 Å². The van der Waals surface area contributed by atoms with E-state index in [9.17, 15) is 10.1 Å². The van der Waals surface area contributed by atoms with Gasteiger partial charge < -0.3 is 0 Å². The highest BCUT2D eigenvalue weighted by molar-refractivity contribution is 5.84. The molecule has 3 rings (SSSR count). The number of nitrogens with zero attached hydrogens (tertiary/aromatic N) is 4. The molecule has 0 aliphatic carbocycles. The minimum absolute atomic E-state index is 0.0870. The van der Waals surface area contributed by atoms with Crippen LogP contribution in [0.3, 0.4) is 0 Å². The lowest BCUT2D eigenvalue weighted by Crippen LogP contribution is -2.43. The first kappa shape index (κ1) is 16.1. The average Bonchev–Trinajstić information content (AvgIpc) is 2.62. The predicted octanol–water partition coefficient (Wildman–Crippen LogP) is 2.75. The third-order valence-corrected chi connectivity index (χ3v) is 4.09. The van der Waals surface area contributed by atoms with Gasteiger partial charge in [-0.2, -0.15) is 5.10 Å². The topological polar surface area (TPSA) is 62.0 Å². The third-order valence-electron chi connectivity index (χ3n) is 4.09. The van der Waals surface area contributed by atoms with Gasteiger partial charge in [0.15, 0.2) is 0 Å². The lowest BCUT2D eigenvalue weighted by molar-refractivity contribution is -0.385. The molecular formula is C18H20N4O2. The van der Waals surface area contributed by atoms with E-state index in [-0.39, 0.29) is 10.6 Å². The highest BCUT2D eigenvalue weighted by atomic mass is 16.6. The largest absolute Gasteiger partial charge is 0.295 e. The molecule has 1 saturated heterocycles. The van der Waals surface area contributed by atoms with Crippen LogP contribution < -0.4 is 0 Å². The lowest BCUT2D eigenvalue weighted by atomic mass is 10.2. The maximum absolute atomic E-state index is 11.0. The van der Waals surface area contributed by atoms with Gasteiger partial charge in [0.25, 0.3) is 5.69 Å². The van der Waals surface area contributed by atoms with Gasteiger partial charge in [0, 0.05) is 38.8 Å². The van der Waals surface area contributed by atoms with Gasteiger partial charge in [-0.3, -0.25) is 20.0 Å². The molecule has 6 heteroatoms. The first-order valence-electron chi connectivity index (χ1n) is 8.01. The molecular weight excluding hydrogens is 304 g/mol. The van der Waals surface area contributed by atoms with Gasteiger partial charge >= 0.3 is 0 Å². The Hall–Kier alpha value is -2.73. The van der Waals surface area contributed by atoms with Crippen LogP contribution in [0, 0.1) is 10.1 Å². The Morgan fingerprint density at radius 2 is 1.67 bits per heavy atom. The van der Waals surface area contributed by atoms with Crippen molar-refractivity contribution in [2.24, 2.45) is 5.10 Å². The Morgan fingerprint density at radius 1 is 1.00 bits per heavy atom. The number of hydrogen-bond donors (Lipinski definition) is 0. The Bertz CT molecular complexity index is 710. The van der Waals surface area contributed by atoms with Crippen molar-refractivity contribution in [1.29, 1.82) is 0 Å². The van der Waals surface area contributed by atoms with Crippen LogP contribution in [0.1, 0.15) is 11.1 Å². The summed E-state index contributed by atoms with van der Waals surface area (Å²) in [4.78, 5) is 13.0. The van der Waals surface area contributed by atoms with Gasteiger partial charge in [0.05, 0.1) is 16.7 Å². The third kappa shape index (κ3) is 4.17. The van der Waals surface area contributed by atoms with Gasteiger partial charge in [-0.25, -0.2) is 0 Å². The van der Waals surface area contributed by atoms with Crippen molar-refractivity contribution in [3.05, 3.63) is 75.8 Å². The monoisotopic (exact) mass is 324 g/mol. The van der Waals surface area contributed by atoms with Gasteiger partial charge in [-0.15, -0.1) is 0 Å². The maximum Gasteiger partial charge on any atom is 0.278 e. The number of nitro benzene ring substituents is 1. The number of piperazine rings is 1. The van der Waals surface area contributed by atoms with Crippen molar-refractivity contribution in [2.75, 3.05) is 26.2 Å². The number of hydrogen-bond acceptors (Lipinski definition) is 5. The second-order valence-electron chi connectivity index (χ2n) is 5.78. The molecule has 1 aliphatic rings. The molecule has 0 aromatic heterocycles. The number of hydrazone groups is 1. The Morgan fingerprint density at radius 3 is 2.38 bits per heavy atom. The fraction of sp³-hybridized carbons (Fsp3) is 0.278. The van der Waals surface area contributed by atoms with Crippen molar-refractivity contribution in [2.45, 2.75) is 6.54 Å². The van der Waals surface area contributed by atoms with Crippen LogP contribution >= 0.6 is 0 Å². The first-order chi connectivity index (χ1) is 11.7. The first-order valence-corrected chi connectivity index (χ1v) is 8.01.